The number of phenols is 1. The number of nitrogens with one attached hydrogen (secondary N) is 3. The lowest BCUT2D eigenvalue weighted by atomic mass is 9.84. The summed E-state index contributed by atoms with van der Waals surface area (Å²) in [6, 6.07) is 2.88. The second-order valence-corrected chi connectivity index (χ2v) is 15.9. The molecule has 3 unspecified atom stereocenters. The van der Waals surface area contributed by atoms with Crippen molar-refractivity contribution in [3.05, 3.63) is 77.9 Å². The van der Waals surface area contributed by atoms with Crippen LogP contribution in [0.2, 0.25) is 0 Å². The van der Waals surface area contributed by atoms with Crippen molar-refractivity contribution in [3.63, 3.8) is 0 Å². The molecule has 0 aromatic heterocycles. The molecule has 2 aliphatic heterocycles. The summed E-state index contributed by atoms with van der Waals surface area (Å²) in [6.45, 7) is 11.7. The van der Waals surface area contributed by atoms with E-state index in [9.17, 15) is 44.1 Å². The van der Waals surface area contributed by atoms with Crippen molar-refractivity contribution < 1.29 is 53.6 Å². The number of hydrogen-bond acceptors (Lipinski definition) is 12. The molecule has 3 amide bonds. The van der Waals surface area contributed by atoms with Gasteiger partial charge in [0.2, 0.25) is 11.8 Å². The number of benzene rings is 1. The second kappa shape index (κ2) is 23.5. The summed E-state index contributed by atoms with van der Waals surface area (Å²) >= 11 is 0. The topological polar surface area (TPSA) is 221 Å². The van der Waals surface area contributed by atoms with Gasteiger partial charge in [0.1, 0.15) is 35.8 Å². The standard InChI is InChI=1S/C44H62N4O11/c1-26(2)39-42(55)45-35(25-31-15-12-16-32(50)24-31)43(56)48-23-13-17-34(47-48)44(57)59-37(28(5)14-11-20-38(52)58-27(3)4)19-10-8-9-18-36(51)30(7)40(53)33(41(54)46-39)22-21-29(6)49/h8-12,14-16,18,20,24,26-27,30,33-37,39-40,47,50-51,53H,13,17,19,21-23,25H2,1-7H3,(H,45,55)(H,46,54)/b10-8+,18-9+,20-11+,28-14+/t30-,33+,34-,35?,36?,37?,39-,40+/m0/s1. The number of aliphatic hydroxyl groups is 2. The van der Waals surface area contributed by atoms with Crippen molar-refractivity contribution in [3.8, 4) is 5.75 Å². The van der Waals surface area contributed by atoms with Crippen molar-refractivity contribution in [1.82, 2.24) is 21.1 Å². The normalized spacial score (nSPS) is 28.3. The lowest BCUT2D eigenvalue weighted by molar-refractivity contribution is -0.156. The summed E-state index contributed by atoms with van der Waals surface area (Å²) in [5.41, 5.74) is 4.11. The summed E-state index contributed by atoms with van der Waals surface area (Å²) in [4.78, 5) is 80.1. The molecule has 15 nitrogen and oxygen atoms in total. The van der Waals surface area contributed by atoms with Crippen LogP contribution >= 0.6 is 0 Å². The number of carbonyl (C=O) groups excluding carboxylic acids is 6. The number of hydrazine groups is 1. The van der Waals surface area contributed by atoms with Gasteiger partial charge in [0, 0.05) is 37.8 Å². The number of rotatable bonds is 10. The molecular formula is C44H62N4O11. The van der Waals surface area contributed by atoms with E-state index in [-0.39, 0.29) is 49.9 Å². The molecule has 2 bridgehead atoms. The molecule has 0 saturated carbocycles. The third kappa shape index (κ3) is 15.5. The van der Waals surface area contributed by atoms with Crippen LogP contribution in [0.4, 0.5) is 0 Å². The Balaban J connectivity index is 2.07. The first-order valence-corrected chi connectivity index (χ1v) is 20.3. The van der Waals surface area contributed by atoms with E-state index in [2.05, 4.69) is 16.1 Å². The zero-order chi connectivity index (χ0) is 43.8. The first-order chi connectivity index (χ1) is 27.9. The van der Waals surface area contributed by atoms with Gasteiger partial charge in [-0.15, -0.1) is 0 Å². The highest BCUT2D eigenvalue weighted by Crippen LogP contribution is 2.24. The Morgan fingerprint density at radius 3 is 2.42 bits per heavy atom. The van der Waals surface area contributed by atoms with Crippen molar-refractivity contribution in [2.45, 2.75) is 130 Å². The Labute approximate surface area is 346 Å². The zero-order valence-electron chi connectivity index (χ0n) is 35.1. The number of aromatic hydroxyl groups is 1. The van der Waals surface area contributed by atoms with E-state index >= 15 is 0 Å². The summed E-state index contributed by atoms with van der Waals surface area (Å²) in [6.07, 6.45) is 7.81. The number of esters is 2. The van der Waals surface area contributed by atoms with Gasteiger partial charge in [-0.3, -0.25) is 24.2 Å². The van der Waals surface area contributed by atoms with Gasteiger partial charge in [-0.1, -0.05) is 69.4 Å². The number of ether oxygens (including phenoxy) is 2. The van der Waals surface area contributed by atoms with Crippen LogP contribution in [0.1, 0.15) is 86.1 Å². The average molecular weight is 823 g/mol. The first kappa shape index (κ1) is 48.3. The van der Waals surface area contributed by atoms with Crippen LogP contribution < -0.4 is 16.1 Å². The maximum atomic E-state index is 14.3. The molecule has 15 heteroatoms. The fourth-order valence-corrected chi connectivity index (χ4v) is 6.70. The number of nitrogens with zero attached hydrogens (tertiary/aromatic N) is 1. The van der Waals surface area contributed by atoms with Gasteiger partial charge >= 0.3 is 11.9 Å². The SMILES string of the molecule is CC(=O)CC[C@H]1C(=O)N[C@@H](C(C)C)C(=O)NC(Cc2cccc(O)c2)C(=O)N2CCC[C@H](N2)C(=O)OC(/C(C)=C/C=C/C(=O)OC(C)C)C/C=C/C=C/C(O)[C@H](C)[C@H]1O. The number of amides is 3. The van der Waals surface area contributed by atoms with Crippen LogP contribution in [0.5, 0.6) is 5.75 Å². The number of cyclic esters (lactones) is 1. The van der Waals surface area contributed by atoms with Crippen LogP contribution in [0.3, 0.4) is 0 Å². The molecule has 1 aromatic rings. The summed E-state index contributed by atoms with van der Waals surface area (Å²) in [5.74, 6) is -5.95. The lowest BCUT2D eigenvalue weighted by Crippen LogP contribution is -2.62. The van der Waals surface area contributed by atoms with E-state index in [1.165, 1.54) is 42.3 Å². The summed E-state index contributed by atoms with van der Waals surface area (Å²) in [7, 11) is 0. The average Bonchev–Trinajstić information content (AvgIpc) is 3.17. The smallest absolute Gasteiger partial charge is 0.330 e. The first-order valence-electron chi connectivity index (χ1n) is 20.3. The molecule has 324 valence electrons. The van der Waals surface area contributed by atoms with E-state index in [0.717, 1.165) is 0 Å². The Morgan fingerprint density at radius 2 is 1.76 bits per heavy atom. The number of carbonyl (C=O) groups is 6. The fourth-order valence-electron chi connectivity index (χ4n) is 6.70. The Kier molecular flexibility index (Phi) is 19.2. The van der Waals surface area contributed by atoms with Crippen LogP contribution in [0.15, 0.2) is 72.4 Å². The van der Waals surface area contributed by atoms with E-state index in [1.807, 2.05) is 0 Å². The predicted octanol–water partition coefficient (Wildman–Crippen LogP) is 3.28. The molecule has 0 radical (unpaired) electrons. The molecule has 2 heterocycles. The van der Waals surface area contributed by atoms with Gasteiger partial charge in [-0.2, -0.15) is 0 Å². The number of ketones is 1. The molecular weight excluding hydrogens is 761 g/mol. The number of Topliss-reactive ketones (excluding diaryl/α,β-unsaturated/α-hetero) is 1. The zero-order valence-corrected chi connectivity index (χ0v) is 35.1. The minimum atomic E-state index is -1.42. The Morgan fingerprint density at radius 1 is 1.03 bits per heavy atom. The summed E-state index contributed by atoms with van der Waals surface area (Å²) in [5, 5.41) is 39.5. The molecule has 1 aromatic carbocycles. The second-order valence-electron chi connectivity index (χ2n) is 15.9. The van der Waals surface area contributed by atoms with Crippen molar-refractivity contribution in [2.24, 2.45) is 17.8 Å². The minimum absolute atomic E-state index is 0.0309. The van der Waals surface area contributed by atoms with Gasteiger partial charge in [0.25, 0.3) is 5.91 Å². The van der Waals surface area contributed by atoms with Gasteiger partial charge in [-0.25, -0.2) is 10.2 Å². The number of aliphatic hydroxyl groups excluding tert-OH is 2. The minimum Gasteiger partial charge on any atom is -0.508 e. The third-order valence-corrected chi connectivity index (χ3v) is 10.2. The third-order valence-electron chi connectivity index (χ3n) is 10.2. The number of allylic oxidation sites excluding steroid dienone is 4. The van der Waals surface area contributed by atoms with E-state index in [4.69, 9.17) is 9.47 Å². The molecule has 2 aliphatic rings. The van der Waals surface area contributed by atoms with Crippen molar-refractivity contribution in [2.75, 3.05) is 6.54 Å². The molecule has 1 saturated heterocycles. The Hall–Kier alpha value is -5.12. The number of fused-ring (bicyclic) bond motifs is 2. The van der Waals surface area contributed by atoms with Crippen LogP contribution in [-0.4, -0.2) is 105 Å². The fraction of sp³-hybridized carbons (Fsp3) is 0.545. The number of hydrogen-bond donors (Lipinski definition) is 6. The van der Waals surface area contributed by atoms with Crippen molar-refractivity contribution >= 4 is 35.4 Å². The highest BCUT2D eigenvalue weighted by Gasteiger charge is 2.38. The molecule has 0 aliphatic carbocycles. The highest BCUT2D eigenvalue weighted by molar-refractivity contribution is 5.93. The maximum Gasteiger partial charge on any atom is 0.330 e. The quantitative estimate of drug-likeness (QED) is 0.114. The monoisotopic (exact) mass is 822 g/mol. The molecule has 1 fully saturated rings. The summed E-state index contributed by atoms with van der Waals surface area (Å²) < 4.78 is 11.1. The van der Waals surface area contributed by atoms with Gasteiger partial charge in [0.05, 0.1) is 24.2 Å². The highest BCUT2D eigenvalue weighted by atomic mass is 16.5. The van der Waals surface area contributed by atoms with Crippen LogP contribution in [-0.2, 0) is 44.7 Å². The molecule has 3 rings (SSSR count). The van der Waals surface area contributed by atoms with E-state index in [1.54, 1.807) is 78.0 Å². The molecule has 0 spiro atoms. The van der Waals surface area contributed by atoms with Gasteiger partial charge in [-0.05, 0) is 76.1 Å². The van der Waals surface area contributed by atoms with Crippen LogP contribution in [0, 0.1) is 17.8 Å². The van der Waals surface area contributed by atoms with Crippen molar-refractivity contribution in [1.29, 1.82) is 0 Å². The van der Waals surface area contributed by atoms with Gasteiger partial charge < -0.3 is 40.2 Å². The number of phenolic OH excluding ortho intramolecular Hbond substituents is 1. The van der Waals surface area contributed by atoms with E-state index in [0.29, 0.717) is 24.0 Å². The van der Waals surface area contributed by atoms with Crippen LogP contribution in [0.25, 0.3) is 0 Å². The molecule has 8 atom stereocenters. The molecule has 59 heavy (non-hydrogen) atoms. The predicted molar refractivity (Wildman–Crippen MR) is 220 cm³/mol. The van der Waals surface area contributed by atoms with E-state index < -0.39 is 83.9 Å². The Bertz CT molecular complexity index is 1750. The largest absolute Gasteiger partial charge is 0.508 e. The lowest BCUT2D eigenvalue weighted by Gasteiger charge is -2.36. The molecule has 6 N–H and O–H groups in total. The maximum absolute atomic E-state index is 14.3. The van der Waals surface area contributed by atoms with Gasteiger partial charge in [0.15, 0.2) is 0 Å².